The maximum Gasteiger partial charge on any atom is 0.303 e. The number of carbonyl (C=O) groups is 2. The summed E-state index contributed by atoms with van der Waals surface area (Å²) in [6, 6.07) is 7.81. The summed E-state index contributed by atoms with van der Waals surface area (Å²) in [5.74, 6) is -1.26. The summed E-state index contributed by atoms with van der Waals surface area (Å²) in [5.41, 5.74) is 1.69. The number of carbonyl (C=O) groups excluding carboxylic acids is 1. The van der Waals surface area contributed by atoms with Crippen LogP contribution < -0.4 is 5.32 Å². The highest BCUT2D eigenvalue weighted by molar-refractivity contribution is 5.92. The fourth-order valence-electron chi connectivity index (χ4n) is 5.44. The van der Waals surface area contributed by atoms with Gasteiger partial charge in [-0.15, -0.1) is 0 Å². The number of benzene rings is 1. The predicted molar refractivity (Wildman–Crippen MR) is 100 cm³/mol. The maximum atomic E-state index is 11.8. The lowest BCUT2D eigenvalue weighted by Gasteiger charge is -2.68. The van der Waals surface area contributed by atoms with Crippen LogP contribution >= 0.6 is 0 Å². The van der Waals surface area contributed by atoms with Gasteiger partial charge in [0, 0.05) is 49.1 Å². The molecule has 146 valence electrons. The van der Waals surface area contributed by atoms with E-state index in [-0.39, 0.29) is 41.8 Å². The van der Waals surface area contributed by atoms with Gasteiger partial charge in [0.2, 0.25) is 5.91 Å². The zero-order valence-electron chi connectivity index (χ0n) is 15.8. The molecule has 0 unspecified atom stereocenters. The van der Waals surface area contributed by atoms with Crippen LogP contribution in [0.25, 0.3) is 0 Å². The van der Waals surface area contributed by atoms with Gasteiger partial charge in [0.15, 0.2) is 0 Å². The molecule has 0 spiro atoms. The van der Waals surface area contributed by atoms with Gasteiger partial charge < -0.3 is 15.5 Å². The van der Waals surface area contributed by atoms with E-state index < -0.39 is 5.97 Å². The molecule has 3 N–H and O–H groups in total. The summed E-state index contributed by atoms with van der Waals surface area (Å²) < 4.78 is 0. The number of aliphatic hydroxyl groups is 1. The van der Waals surface area contributed by atoms with Gasteiger partial charge in [-0.2, -0.15) is 0 Å². The number of hydrogen-bond acceptors (Lipinski definition) is 5. The molecule has 0 atom stereocenters. The molecule has 4 aliphatic heterocycles. The molecule has 0 aliphatic carbocycles. The second-order valence-electron chi connectivity index (χ2n) is 8.96. The van der Waals surface area contributed by atoms with E-state index in [0.29, 0.717) is 5.69 Å². The Hall–Kier alpha value is -1.96. The number of carboxylic acids is 1. The van der Waals surface area contributed by atoms with Gasteiger partial charge in [-0.05, 0) is 17.7 Å². The topological polar surface area (TPSA) is 93.1 Å². The molecule has 5 rings (SSSR count). The third-order valence-corrected chi connectivity index (χ3v) is 6.33. The molecule has 4 aliphatic rings. The number of amides is 1. The fraction of sp³-hybridized carbons (Fsp3) is 0.600. The summed E-state index contributed by atoms with van der Waals surface area (Å²) in [6.45, 7) is 7.91. The lowest BCUT2D eigenvalue weighted by molar-refractivity contribution is -0.253. The Kier molecular flexibility index (Phi) is 4.29. The van der Waals surface area contributed by atoms with Crippen LogP contribution in [0.1, 0.15) is 38.4 Å². The van der Waals surface area contributed by atoms with Crippen molar-refractivity contribution in [2.45, 2.75) is 39.0 Å². The normalized spacial score (nSPS) is 39.4. The average molecular weight is 373 g/mol. The van der Waals surface area contributed by atoms with Crippen LogP contribution in [0.2, 0.25) is 0 Å². The van der Waals surface area contributed by atoms with E-state index >= 15 is 0 Å². The molecular formula is C20H27N3O4. The van der Waals surface area contributed by atoms with Gasteiger partial charge >= 0.3 is 5.97 Å². The van der Waals surface area contributed by atoms with E-state index in [1.165, 1.54) is 5.56 Å². The van der Waals surface area contributed by atoms with Gasteiger partial charge in [0.1, 0.15) is 0 Å². The van der Waals surface area contributed by atoms with Crippen LogP contribution in [-0.4, -0.2) is 64.2 Å². The van der Waals surface area contributed by atoms with E-state index in [1.807, 2.05) is 24.3 Å². The molecule has 27 heavy (non-hydrogen) atoms. The summed E-state index contributed by atoms with van der Waals surface area (Å²) in [5, 5.41) is 22.2. The van der Waals surface area contributed by atoms with Gasteiger partial charge in [-0.3, -0.25) is 19.4 Å². The van der Waals surface area contributed by atoms with E-state index in [1.54, 1.807) is 0 Å². The zero-order chi connectivity index (χ0) is 19.4. The van der Waals surface area contributed by atoms with E-state index in [2.05, 4.69) is 29.0 Å². The number of aliphatic hydroxyl groups excluding tert-OH is 1. The molecule has 0 aromatic heterocycles. The first-order chi connectivity index (χ1) is 12.7. The molecule has 7 heteroatoms. The summed E-state index contributed by atoms with van der Waals surface area (Å²) in [6.07, 6.45) is -0.252. The highest BCUT2D eigenvalue weighted by Gasteiger charge is 2.61. The van der Waals surface area contributed by atoms with Crippen LogP contribution in [0.4, 0.5) is 5.69 Å². The maximum absolute atomic E-state index is 11.8. The standard InChI is InChI=1S/C20H27N3O4/c1-19-9-22-11-20(2,18(19)27)12-23(10-19)17(22)13-3-5-14(6-4-13)21-15(24)7-8-16(25)26/h3-6,17-18,27H,7-12H2,1-2H3,(H,21,24)(H,25,26). The number of piperidine rings is 2. The number of nitrogens with one attached hydrogen (secondary N) is 1. The Morgan fingerprint density at radius 2 is 1.56 bits per heavy atom. The monoisotopic (exact) mass is 373 g/mol. The van der Waals surface area contributed by atoms with Crippen molar-refractivity contribution in [1.82, 2.24) is 9.80 Å². The lowest BCUT2D eigenvalue weighted by atomic mass is 9.60. The van der Waals surface area contributed by atoms with Crippen molar-refractivity contribution in [1.29, 1.82) is 0 Å². The van der Waals surface area contributed by atoms with Crippen molar-refractivity contribution in [3.05, 3.63) is 29.8 Å². The molecule has 4 saturated heterocycles. The van der Waals surface area contributed by atoms with Crippen LogP contribution in [0, 0.1) is 10.8 Å². The molecule has 1 amide bonds. The molecule has 0 saturated carbocycles. The Labute approximate surface area is 159 Å². The van der Waals surface area contributed by atoms with Crippen molar-refractivity contribution in [3.63, 3.8) is 0 Å². The van der Waals surface area contributed by atoms with E-state index in [4.69, 9.17) is 5.11 Å². The summed E-state index contributed by atoms with van der Waals surface area (Å²) in [4.78, 5) is 27.3. The average Bonchev–Trinajstić information content (AvgIpc) is 2.58. The molecular weight excluding hydrogens is 346 g/mol. The molecule has 0 radical (unpaired) electrons. The van der Waals surface area contributed by atoms with Crippen LogP contribution in [0.5, 0.6) is 0 Å². The van der Waals surface area contributed by atoms with Crippen LogP contribution in [0.3, 0.4) is 0 Å². The van der Waals surface area contributed by atoms with Gasteiger partial charge in [0.05, 0.1) is 18.7 Å². The molecule has 4 fully saturated rings. The predicted octanol–water partition coefficient (Wildman–Crippen LogP) is 1.51. The highest BCUT2D eigenvalue weighted by Crippen LogP contribution is 2.54. The fourth-order valence-corrected chi connectivity index (χ4v) is 5.44. The third-order valence-electron chi connectivity index (χ3n) is 6.33. The van der Waals surface area contributed by atoms with Crippen LogP contribution in [0.15, 0.2) is 24.3 Å². The molecule has 1 aromatic carbocycles. The smallest absolute Gasteiger partial charge is 0.303 e. The van der Waals surface area contributed by atoms with Crippen molar-refractivity contribution in [2.75, 3.05) is 31.5 Å². The first-order valence-corrected chi connectivity index (χ1v) is 9.48. The first kappa shape index (κ1) is 18.4. The Bertz CT molecular complexity index is 725. The van der Waals surface area contributed by atoms with Gasteiger partial charge in [-0.25, -0.2) is 0 Å². The minimum Gasteiger partial charge on any atom is -0.481 e. The zero-order valence-corrected chi connectivity index (χ0v) is 15.8. The quantitative estimate of drug-likeness (QED) is 0.724. The second kappa shape index (κ2) is 6.29. The largest absolute Gasteiger partial charge is 0.481 e. The Balaban J connectivity index is 1.46. The number of hydrogen-bond donors (Lipinski definition) is 3. The second-order valence-corrected chi connectivity index (χ2v) is 8.96. The lowest BCUT2D eigenvalue weighted by Crippen LogP contribution is -2.76. The van der Waals surface area contributed by atoms with Crippen molar-refractivity contribution < 1.29 is 19.8 Å². The van der Waals surface area contributed by atoms with Gasteiger partial charge in [0.25, 0.3) is 0 Å². The summed E-state index contributed by atoms with van der Waals surface area (Å²) in [7, 11) is 0. The Morgan fingerprint density at radius 3 is 2.04 bits per heavy atom. The molecule has 1 aromatic rings. The molecule has 7 nitrogen and oxygen atoms in total. The highest BCUT2D eigenvalue weighted by atomic mass is 16.4. The van der Waals surface area contributed by atoms with Crippen molar-refractivity contribution in [2.24, 2.45) is 10.8 Å². The summed E-state index contributed by atoms with van der Waals surface area (Å²) >= 11 is 0. The minimum atomic E-state index is -0.974. The number of carboxylic acid groups (broad SMARTS) is 1. The Morgan fingerprint density at radius 1 is 1.04 bits per heavy atom. The first-order valence-electron chi connectivity index (χ1n) is 9.48. The molecule has 4 bridgehead atoms. The number of aliphatic carboxylic acids is 1. The molecule has 4 heterocycles. The third kappa shape index (κ3) is 3.13. The number of nitrogens with zero attached hydrogens (tertiary/aromatic N) is 2. The minimum absolute atomic E-state index is 0.0270. The number of rotatable bonds is 5. The van der Waals surface area contributed by atoms with Crippen molar-refractivity contribution in [3.8, 4) is 0 Å². The van der Waals surface area contributed by atoms with Crippen LogP contribution in [-0.2, 0) is 9.59 Å². The SMILES string of the molecule is CC12CN3CC(C)(CN(C1)C3c1ccc(NC(=O)CCC(=O)O)cc1)C2O. The van der Waals surface area contributed by atoms with Crippen molar-refractivity contribution >= 4 is 17.6 Å². The van der Waals surface area contributed by atoms with Gasteiger partial charge in [-0.1, -0.05) is 26.0 Å². The van der Waals surface area contributed by atoms with E-state index in [9.17, 15) is 14.7 Å². The van der Waals surface area contributed by atoms with E-state index in [0.717, 1.165) is 26.2 Å². The number of anilines is 1.